The molecule has 0 fully saturated rings. The lowest BCUT2D eigenvalue weighted by Gasteiger charge is -2.18. The van der Waals surface area contributed by atoms with E-state index in [2.05, 4.69) is 41.2 Å². The van der Waals surface area contributed by atoms with Crippen LogP contribution in [0.2, 0.25) is 0 Å². The lowest BCUT2D eigenvalue weighted by molar-refractivity contribution is 0.331. The smallest absolute Gasteiger partial charge is 0.185 e. The molecule has 0 spiro atoms. The molecule has 0 saturated heterocycles. The maximum absolute atomic E-state index is 5.81. The van der Waals surface area contributed by atoms with Gasteiger partial charge in [0, 0.05) is 35.8 Å². The minimum Gasteiger partial charge on any atom is -0.491 e. The fourth-order valence-electron chi connectivity index (χ4n) is 2.32. The summed E-state index contributed by atoms with van der Waals surface area (Å²) in [4.78, 5) is 8.16. The molecule has 1 aromatic carbocycles. The zero-order chi connectivity index (χ0) is 14.7. The number of aromatic nitrogens is 1. The predicted octanol–water partition coefficient (Wildman–Crippen LogP) is 3.04. The van der Waals surface area contributed by atoms with E-state index in [1.54, 1.807) is 11.3 Å². The molecular formula is C16H21N3OS. The number of nitrogens with zero attached hydrogens (tertiary/aromatic N) is 2. The van der Waals surface area contributed by atoms with Crippen LogP contribution >= 0.6 is 11.3 Å². The number of thiazole rings is 1. The SMILES string of the molecule is CC(C)NCc1cnc(N2CCOc3ccccc3C2)s1. The van der Waals surface area contributed by atoms with E-state index in [-0.39, 0.29) is 0 Å². The second-order valence-corrected chi connectivity index (χ2v) is 6.62. The Morgan fingerprint density at radius 2 is 2.24 bits per heavy atom. The lowest BCUT2D eigenvalue weighted by atomic mass is 10.2. The van der Waals surface area contributed by atoms with Gasteiger partial charge in [0.05, 0.1) is 6.54 Å². The highest BCUT2D eigenvalue weighted by molar-refractivity contribution is 7.15. The van der Waals surface area contributed by atoms with Gasteiger partial charge in [-0.05, 0) is 6.07 Å². The van der Waals surface area contributed by atoms with Gasteiger partial charge in [-0.25, -0.2) is 4.98 Å². The van der Waals surface area contributed by atoms with E-state index in [1.165, 1.54) is 10.4 Å². The van der Waals surface area contributed by atoms with Gasteiger partial charge in [-0.3, -0.25) is 0 Å². The standard InChI is InChI=1S/C16H21N3OS/c1-12(2)17-9-14-10-18-16(21-14)19-7-8-20-15-6-4-3-5-13(15)11-19/h3-6,10,12,17H,7-9,11H2,1-2H3. The van der Waals surface area contributed by atoms with Crippen LogP contribution in [0.1, 0.15) is 24.3 Å². The highest BCUT2D eigenvalue weighted by Gasteiger charge is 2.17. The van der Waals surface area contributed by atoms with Crippen LogP contribution < -0.4 is 15.0 Å². The molecule has 0 amide bonds. The van der Waals surface area contributed by atoms with E-state index in [4.69, 9.17) is 4.74 Å². The van der Waals surface area contributed by atoms with Crippen molar-refractivity contribution < 1.29 is 4.74 Å². The number of benzene rings is 1. The lowest BCUT2D eigenvalue weighted by Crippen LogP contribution is -2.25. The van der Waals surface area contributed by atoms with Crippen molar-refractivity contribution in [2.45, 2.75) is 33.0 Å². The molecule has 0 saturated carbocycles. The average molecular weight is 303 g/mol. The Morgan fingerprint density at radius 1 is 1.38 bits per heavy atom. The summed E-state index contributed by atoms with van der Waals surface area (Å²) in [6, 6.07) is 8.74. The van der Waals surface area contributed by atoms with Gasteiger partial charge in [0.25, 0.3) is 0 Å². The number of rotatable bonds is 4. The van der Waals surface area contributed by atoms with Gasteiger partial charge in [-0.1, -0.05) is 32.0 Å². The molecule has 5 heteroatoms. The molecule has 112 valence electrons. The van der Waals surface area contributed by atoms with E-state index in [9.17, 15) is 0 Å². The van der Waals surface area contributed by atoms with Crippen LogP contribution in [0.4, 0.5) is 5.13 Å². The van der Waals surface area contributed by atoms with Gasteiger partial charge in [0.15, 0.2) is 5.13 Å². The van der Waals surface area contributed by atoms with Gasteiger partial charge >= 0.3 is 0 Å². The molecule has 2 heterocycles. The molecule has 4 nitrogen and oxygen atoms in total. The fraction of sp³-hybridized carbons (Fsp3) is 0.438. The first-order valence-electron chi connectivity index (χ1n) is 7.36. The molecule has 2 aromatic rings. The summed E-state index contributed by atoms with van der Waals surface area (Å²) in [6.07, 6.45) is 1.98. The number of nitrogens with one attached hydrogen (secondary N) is 1. The Labute approximate surface area is 129 Å². The summed E-state index contributed by atoms with van der Waals surface area (Å²) in [5.74, 6) is 0.998. The molecule has 1 aromatic heterocycles. The number of ether oxygens (including phenoxy) is 1. The third kappa shape index (κ3) is 3.54. The van der Waals surface area contributed by atoms with Crippen LogP contribution in [0.5, 0.6) is 5.75 Å². The molecule has 0 atom stereocenters. The van der Waals surface area contributed by atoms with Crippen molar-refractivity contribution in [2.24, 2.45) is 0 Å². The second kappa shape index (κ2) is 6.45. The van der Waals surface area contributed by atoms with Crippen molar-refractivity contribution in [3.8, 4) is 5.75 Å². The van der Waals surface area contributed by atoms with Gasteiger partial charge in [0.2, 0.25) is 0 Å². The summed E-state index contributed by atoms with van der Waals surface area (Å²) in [5.41, 5.74) is 1.23. The first-order valence-corrected chi connectivity index (χ1v) is 8.18. The number of fused-ring (bicyclic) bond motifs is 1. The summed E-state index contributed by atoms with van der Waals surface area (Å²) in [7, 11) is 0. The molecule has 1 aliphatic rings. The molecule has 3 rings (SSSR count). The maximum atomic E-state index is 5.81. The van der Waals surface area contributed by atoms with Crippen molar-refractivity contribution >= 4 is 16.5 Å². The quantitative estimate of drug-likeness (QED) is 0.942. The van der Waals surface area contributed by atoms with Gasteiger partial charge in [-0.15, -0.1) is 11.3 Å². The van der Waals surface area contributed by atoms with E-state index in [1.807, 2.05) is 18.3 Å². The largest absolute Gasteiger partial charge is 0.491 e. The van der Waals surface area contributed by atoms with E-state index < -0.39 is 0 Å². The minimum absolute atomic E-state index is 0.494. The van der Waals surface area contributed by atoms with Gasteiger partial charge in [0.1, 0.15) is 12.4 Å². The van der Waals surface area contributed by atoms with Gasteiger partial charge in [-0.2, -0.15) is 0 Å². The highest BCUT2D eigenvalue weighted by atomic mass is 32.1. The van der Waals surface area contributed by atoms with Crippen LogP contribution in [0.15, 0.2) is 30.5 Å². The summed E-state index contributed by atoms with van der Waals surface area (Å²) >= 11 is 1.76. The number of hydrogen-bond donors (Lipinski definition) is 1. The predicted molar refractivity (Wildman–Crippen MR) is 87.1 cm³/mol. The third-order valence-corrected chi connectivity index (χ3v) is 4.51. The molecule has 0 radical (unpaired) electrons. The Hall–Kier alpha value is -1.59. The van der Waals surface area contributed by atoms with Gasteiger partial charge < -0.3 is 15.0 Å². The summed E-state index contributed by atoms with van der Waals surface area (Å²) < 4.78 is 5.81. The van der Waals surface area contributed by atoms with Crippen molar-refractivity contribution in [1.82, 2.24) is 10.3 Å². The zero-order valence-electron chi connectivity index (χ0n) is 12.5. The first kappa shape index (κ1) is 14.4. The molecule has 21 heavy (non-hydrogen) atoms. The zero-order valence-corrected chi connectivity index (χ0v) is 13.3. The van der Waals surface area contributed by atoms with E-state index in [0.717, 1.165) is 30.5 Å². The Bertz CT molecular complexity index is 597. The van der Waals surface area contributed by atoms with Crippen molar-refractivity contribution in [3.05, 3.63) is 40.9 Å². The molecular weight excluding hydrogens is 282 g/mol. The minimum atomic E-state index is 0.494. The number of anilines is 1. The number of hydrogen-bond acceptors (Lipinski definition) is 5. The second-order valence-electron chi connectivity index (χ2n) is 5.52. The number of para-hydroxylation sites is 1. The van der Waals surface area contributed by atoms with Crippen LogP contribution in [-0.2, 0) is 13.1 Å². The normalized spacial score (nSPS) is 14.7. The first-order chi connectivity index (χ1) is 10.2. The summed E-state index contributed by atoms with van der Waals surface area (Å²) in [6.45, 7) is 7.64. The molecule has 1 aliphatic heterocycles. The van der Waals surface area contributed by atoms with E-state index >= 15 is 0 Å². The third-order valence-electron chi connectivity index (χ3n) is 3.45. The van der Waals surface area contributed by atoms with Crippen LogP contribution in [0, 0.1) is 0 Å². The van der Waals surface area contributed by atoms with Crippen molar-refractivity contribution in [2.75, 3.05) is 18.1 Å². The highest BCUT2D eigenvalue weighted by Crippen LogP contribution is 2.28. The maximum Gasteiger partial charge on any atom is 0.185 e. The van der Waals surface area contributed by atoms with Crippen LogP contribution in [-0.4, -0.2) is 24.2 Å². The molecule has 0 unspecified atom stereocenters. The Morgan fingerprint density at radius 3 is 3.10 bits per heavy atom. The Kier molecular flexibility index (Phi) is 4.41. The molecule has 0 aliphatic carbocycles. The van der Waals surface area contributed by atoms with Crippen LogP contribution in [0.3, 0.4) is 0 Å². The Balaban J connectivity index is 1.72. The fourth-order valence-corrected chi connectivity index (χ4v) is 3.20. The summed E-state index contributed by atoms with van der Waals surface area (Å²) in [5, 5.41) is 4.51. The average Bonchev–Trinajstić information content (AvgIpc) is 2.84. The topological polar surface area (TPSA) is 37.4 Å². The van der Waals surface area contributed by atoms with Crippen molar-refractivity contribution in [1.29, 1.82) is 0 Å². The van der Waals surface area contributed by atoms with Crippen LogP contribution in [0.25, 0.3) is 0 Å². The van der Waals surface area contributed by atoms with E-state index in [0.29, 0.717) is 12.6 Å². The molecule has 0 bridgehead atoms. The molecule has 1 N–H and O–H groups in total. The van der Waals surface area contributed by atoms with Crippen molar-refractivity contribution in [3.63, 3.8) is 0 Å². The monoisotopic (exact) mass is 303 g/mol.